The van der Waals surface area contributed by atoms with E-state index in [-0.39, 0.29) is 11.5 Å². The molecule has 1 aliphatic rings. The van der Waals surface area contributed by atoms with Gasteiger partial charge in [-0.25, -0.2) is 0 Å². The number of allylic oxidation sites excluding steroid dienone is 5. The lowest BCUT2D eigenvalue weighted by atomic mass is 9.95. The number of rotatable bonds is 6. The average molecular weight is 454 g/mol. The van der Waals surface area contributed by atoms with Crippen LogP contribution in [0.25, 0.3) is 16.5 Å². The molecule has 172 valence electrons. The molecule has 34 heavy (non-hydrogen) atoms. The minimum Gasteiger partial charge on any atom is -0.455 e. The first-order valence-corrected chi connectivity index (χ1v) is 11.1. The van der Waals surface area contributed by atoms with E-state index in [1.807, 2.05) is 50.3 Å². The van der Waals surface area contributed by atoms with Crippen molar-refractivity contribution >= 4 is 34.2 Å². The third kappa shape index (κ3) is 4.22. The van der Waals surface area contributed by atoms with Gasteiger partial charge in [0, 0.05) is 46.8 Å². The second kappa shape index (κ2) is 9.35. The van der Waals surface area contributed by atoms with Crippen LogP contribution in [0.5, 0.6) is 0 Å². The van der Waals surface area contributed by atoms with E-state index in [1.54, 1.807) is 38.4 Å². The van der Waals surface area contributed by atoms with Crippen LogP contribution in [0.2, 0.25) is 0 Å². The van der Waals surface area contributed by atoms with Gasteiger partial charge in [-0.2, -0.15) is 0 Å². The molecule has 0 bridgehead atoms. The highest BCUT2D eigenvalue weighted by Gasteiger charge is 2.21. The van der Waals surface area contributed by atoms with Crippen molar-refractivity contribution in [1.29, 1.82) is 5.41 Å². The zero-order chi connectivity index (χ0) is 24.4. The van der Waals surface area contributed by atoms with E-state index in [4.69, 9.17) is 9.83 Å². The molecule has 2 aromatic carbocycles. The van der Waals surface area contributed by atoms with Crippen LogP contribution in [0.4, 0.5) is 5.69 Å². The Morgan fingerprint density at radius 2 is 1.88 bits per heavy atom. The topological polar surface area (TPSA) is 95.2 Å². The van der Waals surface area contributed by atoms with Crippen LogP contribution in [0.1, 0.15) is 45.8 Å². The van der Waals surface area contributed by atoms with E-state index in [2.05, 4.69) is 10.6 Å². The largest absolute Gasteiger partial charge is 0.455 e. The Kier molecular flexibility index (Phi) is 6.32. The maximum Gasteiger partial charge on any atom is 0.196 e. The fraction of sp³-hybridized carbons (Fsp3) is 0.179. The van der Waals surface area contributed by atoms with Gasteiger partial charge in [0.1, 0.15) is 11.3 Å². The van der Waals surface area contributed by atoms with Crippen LogP contribution < -0.4 is 16.1 Å². The lowest BCUT2D eigenvalue weighted by Gasteiger charge is -2.20. The highest BCUT2D eigenvalue weighted by molar-refractivity contribution is 6.13. The van der Waals surface area contributed by atoms with Crippen LogP contribution in [-0.2, 0) is 0 Å². The quantitative estimate of drug-likeness (QED) is 0.430. The predicted molar refractivity (Wildman–Crippen MR) is 138 cm³/mol. The van der Waals surface area contributed by atoms with Gasteiger partial charge in [-0.15, -0.1) is 0 Å². The molecule has 1 unspecified atom stereocenters. The number of fused-ring (bicyclic) bond motifs is 1. The van der Waals surface area contributed by atoms with Gasteiger partial charge in [0.2, 0.25) is 0 Å². The fourth-order valence-electron chi connectivity index (χ4n) is 4.19. The van der Waals surface area contributed by atoms with Gasteiger partial charge in [0.25, 0.3) is 0 Å². The Hall–Kier alpha value is -4.19. The monoisotopic (exact) mass is 453 g/mol. The molecule has 1 aliphatic carbocycles. The second-order valence-corrected chi connectivity index (χ2v) is 8.42. The SMILES string of the molecule is CN/C=C1/C=C(c2oc3c(C(C)Nc4ccccc4C=O)cc(C)cc3c(=O)c2C)C=CC1=N. The number of aryl methyl sites for hydroxylation is 1. The third-order valence-corrected chi connectivity index (χ3v) is 5.93. The van der Waals surface area contributed by atoms with E-state index < -0.39 is 0 Å². The molecule has 1 atom stereocenters. The highest BCUT2D eigenvalue weighted by atomic mass is 16.3. The molecule has 3 aromatic rings. The van der Waals surface area contributed by atoms with Gasteiger partial charge in [0.15, 0.2) is 11.7 Å². The first kappa shape index (κ1) is 23.0. The van der Waals surface area contributed by atoms with Crippen LogP contribution in [-0.4, -0.2) is 19.0 Å². The molecule has 6 nitrogen and oxygen atoms in total. The molecular weight excluding hydrogens is 426 g/mol. The van der Waals surface area contributed by atoms with E-state index >= 15 is 0 Å². The first-order chi connectivity index (χ1) is 16.3. The molecule has 0 radical (unpaired) electrons. The van der Waals surface area contributed by atoms with Gasteiger partial charge in [-0.3, -0.25) is 9.59 Å². The van der Waals surface area contributed by atoms with E-state index in [9.17, 15) is 9.59 Å². The molecule has 3 N–H and O–H groups in total. The number of carbonyl (C=O) groups is 1. The lowest BCUT2D eigenvalue weighted by Crippen LogP contribution is -2.14. The third-order valence-electron chi connectivity index (χ3n) is 5.93. The van der Waals surface area contributed by atoms with Gasteiger partial charge in [-0.05, 0) is 62.8 Å². The molecule has 0 amide bonds. The van der Waals surface area contributed by atoms with Gasteiger partial charge >= 0.3 is 0 Å². The van der Waals surface area contributed by atoms with E-state index in [1.165, 1.54) is 0 Å². The van der Waals surface area contributed by atoms with Crippen molar-refractivity contribution in [3.8, 4) is 0 Å². The summed E-state index contributed by atoms with van der Waals surface area (Å²) in [5.41, 5.74) is 5.80. The van der Waals surface area contributed by atoms with Gasteiger partial charge in [-0.1, -0.05) is 18.2 Å². The smallest absolute Gasteiger partial charge is 0.196 e. The van der Waals surface area contributed by atoms with Crippen LogP contribution >= 0.6 is 0 Å². The van der Waals surface area contributed by atoms with Crippen molar-refractivity contribution in [2.24, 2.45) is 0 Å². The summed E-state index contributed by atoms with van der Waals surface area (Å²) < 4.78 is 6.43. The summed E-state index contributed by atoms with van der Waals surface area (Å²) in [6.45, 7) is 5.69. The van der Waals surface area contributed by atoms with E-state index in [0.717, 1.165) is 23.0 Å². The molecule has 0 saturated heterocycles. The zero-order valence-corrected chi connectivity index (χ0v) is 19.7. The van der Waals surface area contributed by atoms with Crippen molar-refractivity contribution in [3.05, 3.63) is 105 Å². The second-order valence-electron chi connectivity index (χ2n) is 8.42. The predicted octanol–water partition coefficient (Wildman–Crippen LogP) is 5.47. The summed E-state index contributed by atoms with van der Waals surface area (Å²) >= 11 is 0. The summed E-state index contributed by atoms with van der Waals surface area (Å²) in [4.78, 5) is 24.9. The normalized spacial score (nSPS) is 15.4. The van der Waals surface area contributed by atoms with Crippen LogP contribution in [0.3, 0.4) is 0 Å². The summed E-state index contributed by atoms with van der Waals surface area (Å²) in [5, 5.41) is 15.0. The van der Waals surface area contributed by atoms with Crippen molar-refractivity contribution < 1.29 is 9.21 Å². The number of hydrogen-bond donors (Lipinski definition) is 3. The highest BCUT2D eigenvalue weighted by Crippen LogP contribution is 2.32. The number of benzene rings is 2. The molecule has 1 aromatic heterocycles. The molecule has 0 saturated carbocycles. The number of para-hydroxylation sites is 1. The number of carbonyl (C=O) groups excluding carboxylic acids is 1. The van der Waals surface area contributed by atoms with Crippen LogP contribution in [0, 0.1) is 19.3 Å². The molecule has 0 aliphatic heterocycles. The standard InChI is InChI=1S/C28H27N3O3/c1-16-11-22(18(3)31-25-8-6-5-7-20(25)15-32)28-23(12-16)26(33)17(2)27(34-28)19-9-10-24(29)21(13-19)14-30-4/h5-15,18,29-31H,1-4H3/b21-14-,29-24?. The minimum atomic E-state index is -0.231. The molecule has 1 heterocycles. The number of aldehydes is 1. The van der Waals surface area contributed by atoms with Crippen LogP contribution in [0.15, 0.2) is 75.6 Å². The van der Waals surface area contributed by atoms with Crippen molar-refractivity contribution in [2.45, 2.75) is 26.8 Å². The summed E-state index contributed by atoms with van der Waals surface area (Å²) in [7, 11) is 1.78. The summed E-state index contributed by atoms with van der Waals surface area (Å²) in [6, 6.07) is 10.9. The Balaban J connectivity index is 1.89. The minimum absolute atomic E-state index is 0.0872. The first-order valence-electron chi connectivity index (χ1n) is 11.1. The Morgan fingerprint density at radius 3 is 2.62 bits per heavy atom. The van der Waals surface area contributed by atoms with Gasteiger partial charge < -0.3 is 20.5 Å². The molecule has 0 fully saturated rings. The Morgan fingerprint density at radius 1 is 1.12 bits per heavy atom. The Labute approximate surface area is 198 Å². The average Bonchev–Trinajstić information content (AvgIpc) is 2.83. The lowest BCUT2D eigenvalue weighted by molar-refractivity contribution is 0.112. The molecule has 0 spiro atoms. The number of nitrogens with one attached hydrogen (secondary N) is 3. The summed E-state index contributed by atoms with van der Waals surface area (Å²) in [5.74, 6) is 0.480. The number of hydrogen-bond acceptors (Lipinski definition) is 6. The van der Waals surface area contributed by atoms with E-state index in [0.29, 0.717) is 44.8 Å². The maximum absolute atomic E-state index is 13.4. The maximum atomic E-state index is 13.4. The summed E-state index contributed by atoms with van der Waals surface area (Å²) in [6.07, 6.45) is 7.89. The molecule has 6 heteroatoms. The van der Waals surface area contributed by atoms with Crippen molar-refractivity contribution in [2.75, 3.05) is 12.4 Å². The number of anilines is 1. The fourth-order valence-corrected chi connectivity index (χ4v) is 4.19. The van der Waals surface area contributed by atoms with Crippen molar-refractivity contribution in [1.82, 2.24) is 5.32 Å². The Bertz CT molecular complexity index is 1460. The van der Waals surface area contributed by atoms with Gasteiger partial charge in [0.05, 0.1) is 17.1 Å². The molecule has 4 rings (SSSR count). The molecular formula is C28H27N3O3. The zero-order valence-electron chi connectivity index (χ0n) is 19.7. The van der Waals surface area contributed by atoms with Crippen molar-refractivity contribution in [3.63, 3.8) is 0 Å².